The Kier molecular flexibility index (Phi) is 5.06. The number of carbonyl (C=O) groups excluding carboxylic acids is 1. The van der Waals surface area contributed by atoms with Gasteiger partial charge in [0.05, 0.1) is 11.3 Å². The Morgan fingerprint density at radius 2 is 1.88 bits per heavy atom. The van der Waals surface area contributed by atoms with E-state index in [1.165, 1.54) is 5.56 Å². The third kappa shape index (κ3) is 3.54. The molecule has 0 atom stereocenters. The highest BCUT2D eigenvalue weighted by Gasteiger charge is 2.23. The van der Waals surface area contributed by atoms with Crippen LogP contribution in [-0.4, -0.2) is 30.2 Å². The fourth-order valence-electron chi connectivity index (χ4n) is 2.81. The van der Waals surface area contributed by atoms with Crippen LogP contribution in [0.25, 0.3) is 0 Å². The minimum atomic E-state index is -0.261. The first-order valence-corrected chi connectivity index (χ1v) is 8.35. The first kappa shape index (κ1) is 16.4. The Labute approximate surface area is 142 Å². The molecule has 0 aromatic heterocycles. The minimum absolute atomic E-state index is 0.261. The van der Waals surface area contributed by atoms with Gasteiger partial charge in [0, 0.05) is 18.3 Å². The van der Waals surface area contributed by atoms with Crippen LogP contribution >= 0.6 is 0 Å². The second kappa shape index (κ2) is 7.41. The maximum absolute atomic E-state index is 11.6. The number of hydrogen-bond donors (Lipinski definition) is 0. The highest BCUT2D eigenvalue weighted by atomic mass is 16.5. The molecule has 4 heteroatoms. The van der Waals surface area contributed by atoms with Gasteiger partial charge in [-0.3, -0.25) is 9.89 Å². The lowest BCUT2D eigenvalue weighted by Gasteiger charge is -2.17. The second-order valence-corrected chi connectivity index (χ2v) is 5.84. The lowest BCUT2D eigenvalue weighted by molar-refractivity contribution is 0.0535. The van der Waals surface area contributed by atoms with Gasteiger partial charge in [0.2, 0.25) is 0 Å². The number of hydrogen-bond acceptors (Lipinski definition) is 4. The van der Waals surface area contributed by atoms with E-state index in [4.69, 9.17) is 4.74 Å². The standard InChI is InChI=1S/C20H22N2O2/c1-3-22(4-2)13-16-10-8-15(9-11-16)12-21-19-7-5-6-17-18(19)14-24-20(17)23/h5-12H,3-4,13-14H2,1-2H3. The first-order chi connectivity index (χ1) is 11.7. The molecule has 2 aromatic rings. The number of ether oxygens (including phenoxy) is 1. The van der Waals surface area contributed by atoms with Gasteiger partial charge in [-0.2, -0.15) is 0 Å². The van der Waals surface area contributed by atoms with Crippen LogP contribution < -0.4 is 0 Å². The van der Waals surface area contributed by atoms with E-state index in [1.54, 1.807) is 6.07 Å². The molecule has 4 nitrogen and oxygen atoms in total. The van der Waals surface area contributed by atoms with Crippen LogP contribution in [0.5, 0.6) is 0 Å². The molecule has 24 heavy (non-hydrogen) atoms. The molecule has 0 spiro atoms. The van der Waals surface area contributed by atoms with E-state index in [9.17, 15) is 4.79 Å². The van der Waals surface area contributed by atoms with Crippen LogP contribution in [0.3, 0.4) is 0 Å². The van der Waals surface area contributed by atoms with Crippen molar-refractivity contribution < 1.29 is 9.53 Å². The SMILES string of the molecule is CCN(CC)Cc1ccc(C=Nc2cccc3c2COC3=O)cc1. The van der Waals surface area contributed by atoms with Crippen molar-refractivity contribution in [3.63, 3.8) is 0 Å². The van der Waals surface area contributed by atoms with Gasteiger partial charge in [-0.05, 0) is 36.3 Å². The fourth-order valence-corrected chi connectivity index (χ4v) is 2.81. The van der Waals surface area contributed by atoms with Crippen LogP contribution in [0.1, 0.15) is 40.9 Å². The highest BCUT2D eigenvalue weighted by molar-refractivity contribution is 5.95. The molecule has 1 heterocycles. The average Bonchev–Trinajstić information content (AvgIpc) is 3.01. The average molecular weight is 322 g/mol. The van der Waals surface area contributed by atoms with Crippen LogP contribution in [0.2, 0.25) is 0 Å². The van der Waals surface area contributed by atoms with Gasteiger partial charge >= 0.3 is 5.97 Å². The van der Waals surface area contributed by atoms with Gasteiger partial charge in [-0.15, -0.1) is 0 Å². The summed E-state index contributed by atoms with van der Waals surface area (Å²) in [6.07, 6.45) is 1.83. The van der Waals surface area contributed by atoms with Gasteiger partial charge in [-0.1, -0.05) is 44.2 Å². The molecule has 124 valence electrons. The molecule has 1 aliphatic rings. The van der Waals surface area contributed by atoms with Crippen molar-refractivity contribution in [3.8, 4) is 0 Å². The Hall–Kier alpha value is -2.46. The number of cyclic esters (lactones) is 1. The van der Waals surface area contributed by atoms with Crippen molar-refractivity contribution in [1.82, 2.24) is 4.90 Å². The predicted octanol–water partition coefficient (Wildman–Crippen LogP) is 3.95. The zero-order valence-electron chi connectivity index (χ0n) is 14.2. The van der Waals surface area contributed by atoms with Crippen LogP contribution in [0.4, 0.5) is 5.69 Å². The van der Waals surface area contributed by atoms with Crippen molar-refractivity contribution in [2.75, 3.05) is 13.1 Å². The number of aliphatic imine (C=N–C) groups is 1. The minimum Gasteiger partial charge on any atom is -0.457 e. The summed E-state index contributed by atoms with van der Waals surface area (Å²) in [6, 6.07) is 14.0. The zero-order chi connectivity index (χ0) is 16.9. The van der Waals surface area contributed by atoms with Crippen molar-refractivity contribution in [1.29, 1.82) is 0 Å². The lowest BCUT2D eigenvalue weighted by atomic mass is 10.1. The molecule has 2 aromatic carbocycles. The third-order valence-corrected chi connectivity index (χ3v) is 4.35. The Morgan fingerprint density at radius 1 is 1.12 bits per heavy atom. The summed E-state index contributed by atoms with van der Waals surface area (Å²) in [7, 11) is 0. The molecule has 0 bridgehead atoms. The van der Waals surface area contributed by atoms with Crippen LogP contribution in [0.15, 0.2) is 47.5 Å². The van der Waals surface area contributed by atoms with Crippen molar-refractivity contribution >= 4 is 17.9 Å². The third-order valence-electron chi connectivity index (χ3n) is 4.35. The Balaban J connectivity index is 1.73. The number of nitrogens with zero attached hydrogens (tertiary/aromatic N) is 2. The molecule has 0 amide bonds. The first-order valence-electron chi connectivity index (χ1n) is 8.35. The summed E-state index contributed by atoms with van der Waals surface area (Å²) in [5.74, 6) is -0.261. The maximum atomic E-state index is 11.6. The maximum Gasteiger partial charge on any atom is 0.338 e. The van der Waals surface area contributed by atoms with Gasteiger partial charge < -0.3 is 4.74 Å². The number of fused-ring (bicyclic) bond motifs is 1. The van der Waals surface area contributed by atoms with E-state index in [-0.39, 0.29) is 5.97 Å². The van der Waals surface area contributed by atoms with Gasteiger partial charge in [0.25, 0.3) is 0 Å². The molecule has 1 aliphatic heterocycles. The van der Waals surface area contributed by atoms with E-state index in [0.717, 1.165) is 36.4 Å². The largest absolute Gasteiger partial charge is 0.457 e. The molecule has 0 radical (unpaired) electrons. The van der Waals surface area contributed by atoms with Gasteiger partial charge in [0.15, 0.2) is 0 Å². The number of esters is 1. The Morgan fingerprint density at radius 3 is 2.58 bits per heavy atom. The molecule has 0 saturated carbocycles. The molecular weight excluding hydrogens is 300 g/mol. The van der Waals surface area contributed by atoms with E-state index in [2.05, 4.69) is 48.0 Å². The van der Waals surface area contributed by atoms with Crippen molar-refractivity contribution in [3.05, 3.63) is 64.7 Å². The zero-order valence-corrected chi connectivity index (χ0v) is 14.2. The van der Waals surface area contributed by atoms with E-state index in [0.29, 0.717) is 12.2 Å². The molecule has 0 unspecified atom stereocenters. The topological polar surface area (TPSA) is 41.9 Å². The van der Waals surface area contributed by atoms with E-state index >= 15 is 0 Å². The lowest BCUT2D eigenvalue weighted by Crippen LogP contribution is -2.21. The van der Waals surface area contributed by atoms with E-state index in [1.807, 2.05) is 18.3 Å². The summed E-state index contributed by atoms with van der Waals surface area (Å²) in [6.45, 7) is 7.74. The predicted molar refractivity (Wildman–Crippen MR) is 95.9 cm³/mol. The summed E-state index contributed by atoms with van der Waals surface area (Å²) in [5.41, 5.74) is 4.64. The fraction of sp³-hybridized carbons (Fsp3) is 0.300. The number of rotatable bonds is 6. The molecule has 0 N–H and O–H groups in total. The molecule has 0 saturated heterocycles. The summed E-state index contributed by atoms with van der Waals surface area (Å²) < 4.78 is 5.07. The molecule has 3 rings (SSSR count). The van der Waals surface area contributed by atoms with E-state index < -0.39 is 0 Å². The van der Waals surface area contributed by atoms with Crippen molar-refractivity contribution in [2.45, 2.75) is 27.0 Å². The molecule has 0 aliphatic carbocycles. The highest BCUT2D eigenvalue weighted by Crippen LogP contribution is 2.29. The summed E-state index contributed by atoms with van der Waals surface area (Å²) >= 11 is 0. The summed E-state index contributed by atoms with van der Waals surface area (Å²) in [4.78, 5) is 18.5. The van der Waals surface area contributed by atoms with Crippen molar-refractivity contribution in [2.24, 2.45) is 4.99 Å². The Bertz CT molecular complexity index is 747. The number of benzene rings is 2. The van der Waals surface area contributed by atoms with Gasteiger partial charge in [-0.25, -0.2) is 4.79 Å². The smallest absolute Gasteiger partial charge is 0.338 e. The molecular formula is C20H22N2O2. The number of carbonyl (C=O) groups is 1. The second-order valence-electron chi connectivity index (χ2n) is 5.84. The summed E-state index contributed by atoms with van der Waals surface area (Å²) in [5, 5.41) is 0. The van der Waals surface area contributed by atoms with Gasteiger partial charge in [0.1, 0.15) is 6.61 Å². The van der Waals surface area contributed by atoms with Crippen LogP contribution in [0, 0.1) is 0 Å². The quantitative estimate of drug-likeness (QED) is 0.597. The monoisotopic (exact) mass is 322 g/mol. The van der Waals surface area contributed by atoms with Crippen LogP contribution in [-0.2, 0) is 17.9 Å². The normalized spacial score (nSPS) is 13.5. The molecule has 0 fully saturated rings.